The second kappa shape index (κ2) is 7.26. The summed E-state index contributed by atoms with van der Waals surface area (Å²) in [7, 11) is 0. The van der Waals surface area contributed by atoms with Crippen molar-refractivity contribution in [2.45, 2.75) is 66.7 Å². The van der Waals surface area contributed by atoms with E-state index in [-0.39, 0.29) is 0 Å². The van der Waals surface area contributed by atoms with Gasteiger partial charge in [0.1, 0.15) is 0 Å². The number of halogens is 2. The lowest BCUT2D eigenvalue weighted by Crippen LogP contribution is -2.23. The van der Waals surface area contributed by atoms with E-state index in [1.54, 1.807) is 6.08 Å². The fourth-order valence-corrected chi connectivity index (χ4v) is 4.14. The molecule has 2 aliphatic rings. The van der Waals surface area contributed by atoms with Crippen LogP contribution in [0.1, 0.15) is 32.6 Å². The Balaban J connectivity index is 1.70. The molecular weight excluding hydrogens is 372 g/mol. The van der Waals surface area contributed by atoms with Gasteiger partial charge in [-0.25, -0.2) is 0 Å². The molecule has 0 aromatic carbocycles. The summed E-state index contributed by atoms with van der Waals surface area (Å²) in [6.07, 6.45) is 14.3. The van der Waals surface area contributed by atoms with Crippen LogP contribution in [-0.4, -0.2) is 34.1 Å². The van der Waals surface area contributed by atoms with Crippen molar-refractivity contribution in [1.82, 2.24) is 0 Å². The average molecular weight is 392 g/mol. The fraction of sp³-hybridized carbons (Fsp3) is 0.733. The minimum atomic E-state index is 0.292. The first-order valence-corrected chi connectivity index (χ1v) is 8.69. The van der Waals surface area contributed by atoms with E-state index < -0.39 is 0 Å². The number of hydrogen-bond acceptors (Lipinski definition) is 2. The molecule has 106 valence electrons. The molecule has 0 amide bonds. The van der Waals surface area contributed by atoms with E-state index >= 15 is 0 Å². The number of ether oxygens (including phenoxy) is 2. The lowest BCUT2D eigenvalue weighted by molar-refractivity contribution is 0.0426. The summed E-state index contributed by atoms with van der Waals surface area (Å²) < 4.78 is 11.7. The van der Waals surface area contributed by atoms with Crippen molar-refractivity contribution in [3.63, 3.8) is 0 Å². The molecule has 0 bridgehead atoms. The van der Waals surface area contributed by atoms with Crippen molar-refractivity contribution < 1.29 is 9.47 Å². The zero-order valence-corrected chi connectivity index (χ0v) is 14.3. The van der Waals surface area contributed by atoms with Crippen LogP contribution in [0.3, 0.4) is 0 Å². The third kappa shape index (κ3) is 4.32. The van der Waals surface area contributed by atoms with Crippen molar-refractivity contribution in [3.05, 3.63) is 12.2 Å². The standard InChI is InChI=1S/C15H20Br2O2/c1-3-5-6-7-13-15(19-13)9-11(17)14-8-10(16)12(4-2)18-14/h1,5-6,10-15H,4,7-9H2,2H3/b6-5+/t10-,11-,12+,13-,14+,15+/m0/s1. The smallest absolute Gasteiger partial charge is 0.0876 e. The largest absolute Gasteiger partial charge is 0.373 e. The summed E-state index contributed by atoms with van der Waals surface area (Å²) in [5.41, 5.74) is 0. The molecule has 0 spiro atoms. The zero-order chi connectivity index (χ0) is 13.8. The van der Waals surface area contributed by atoms with Crippen molar-refractivity contribution in [2.24, 2.45) is 0 Å². The predicted octanol–water partition coefficient (Wildman–Crippen LogP) is 3.82. The first-order chi connectivity index (χ1) is 9.15. The fourth-order valence-electron chi connectivity index (χ4n) is 2.56. The van der Waals surface area contributed by atoms with Crippen molar-refractivity contribution in [2.75, 3.05) is 0 Å². The monoisotopic (exact) mass is 390 g/mol. The van der Waals surface area contributed by atoms with Crippen LogP contribution >= 0.6 is 31.9 Å². The van der Waals surface area contributed by atoms with Gasteiger partial charge in [0.05, 0.1) is 24.4 Å². The molecule has 2 nitrogen and oxygen atoms in total. The Kier molecular flexibility index (Phi) is 5.95. The summed E-state index contributed by atoms with van der Waals surface area (Å²) in [5, 5.41) is 0. The molecule has 2 rings (SSSR count). The second-order valence-corrected chi connectivity index (χ2v) is 7.49. The lowest BCUT2D eigenvalue weighted by atomic mass is 10.1. The molecule has 0 unspecified atom stereocenters. The summed E-state index contributed by atoms with van der Waals surface area (Å²) in [6, 6.07) is 0. The van der Waals surface area contributed by atoms with Crippen LogP contribution < -0.4 is 0 Å². The van der Waals surface area contributed by atoms with Gasteiger partial charge in [-0.3, -0.25) is 0 Å². The molecule has 2 fully saturated rings. The highest BCUT2D eigenvalue weighted by Crippen LogP contribution is 2.38. The molecule has 0 aromatic heterocycles. The number of rotatable bonds is 6. The van der Waals surface area contributed by atoms with E-state index in [2.05, 4.69) is 44.7 Å². The summed E-state index contributed by atoms with van der Waals surface area (Å²) >= 11 is 7.47. The highest BCUT2D eigenvalue weighted by Gasteiger charge is 2.43. The van der Waals surface area contributed by atoms with Crippen LogP contribution in [0.5, 0.6) is 0 Å². The second-order valence-electron chi connectivity index (χ2n) is 5.14. The van der Waals surface area contributed by atoms with Gasteiger partial charge in [-0.15, -0.1) is 6.42 Å². The van der Waals surface area contributed by atoms with Crippen LogP contribution in [-0.2, 0) is 9.47 Å². The zero-order valence-electron chi connectivity index (χ0n) is 11.1. The van der Waals surface area contributed by atoms with E-state index in [9.17, 15) is 0 Å². The van der Waals surface area contributed by atoms with E-state index in [4.69, 9.17) is 15.9 Å². The molecule has 2 saturated heterocycles. The van der Waals surface area contributed by atoms with Crippen molar-refractivity contribution in [1.29, 1.82) is 0 Å². The molecule has 0 radical (unpaired) electrons. The van der Waals surface area contributed by atoms with Crippen molar-refractivity contribution >= 4 is 31.9 Å². The number of allylic oxidation sites excluding steroid dienone is 1. The van der Waals surface area contributed by atoms with Gasteiger partial charge in [0.25, 0.3) is 0 Å². The molecule has 2 aliphatic heterocycles. The highest BCUT2D eigenvalue weighted by molar-refractivity contribution is 9.09. The molecule has 0 N–H and O–H groups in total. The number of epoxide rings is 1. The summed E-state index contributed by atoms with van der Waals surface area (Å²) in [5.74, 6) is 2.50. The first-order valence-electron chi connectivity index (χ1n) is 6.85. The Labute approximate surface area is 132 Å². The maximum atomic E-state index is 6.06. The Morgan fingerprint density at radius 2 is 2.16 bits per heavy atom. The highest BCUT2D eigenvalue weighted by atomic mass is 79.9. The molecule has 0 aliphatic carbocycles. The first kappa shape index (κ1) is 15.6. The van der Waals surface area contributed by atoms with Crippen LogP contribution in [0.4, 0.5) is 0 Å². The summed E-state index contributed by atoms with van der Waals surface area (Å²) in [4.78, 5) is 0.854. The van der Waals surface area contributed by atoms with Crippen LogP contribution in [0.25, 0.3) is 0 Å². The molecule has 4 heteroatoms. The molecule has 2 heterocycles. The SMILES string of the molecule is C#C/C=C/C[C@@H]1O[C@@H]1C[C@H](Br)[C@H]1C[C@H](Br)[C@@H](CC)O1. The van der Waals surface area contributed by atoms with Gasteiger partial charge in [0.2, 0.25) is 0 Å². The molecular formula is C15H20Br2O2. The maximum absolute atomic E-state index is 6.06. The minimum absolute atomic E-state index is 0.292. The normalized spacial score (nSPS) is 39.4. The third-order valence-corrected chi connectivity index (χ3v) is 5.67. The van der Waals surface area contributed by atoms with E-state index in [0.29, 0.717) is 34.1 Å². The Hall–Kier alpha value is 0.180. The van der Waals surface area contributed by atoms with Gasteiger partial charge < -0.3 is 9.47 Å². The molecule has 0 saturated carbocycles. The Morgan fingerprint density at radius 1 is 1.37 bits per heavy atom. The van der Waals surface area contributed by atoms with Crippen LogP contribution in [0, 0.1) is 12.3 Å². The maximum Gasteiger partial charge on any atom is 0.0876 e. The molecule has 6 atom stereocenters. The van der Waals surface area contributed by atoms with Crippen LogP contribution in [0.2, 0.25) is 0 Å². The average Bonchev–Trinajstić information content (AvgIpc) is 3.00. The van der Waals surface area contributed by atoms with Crippen LogP contribution in [0.15, 0.2) is 12.2 Å². The Bertz CT molecular complexity index is 364. The Morgan fingerprint density at radius 3 is 2.79 bits per heavy atom. The molecule has 0 aromatic rings. The number of alkyl halides is 2. The predicted molar refractivity (Wildman–Crippen MR) is 84.9 cm³/mol. The van der Waals surface area contributed by atoms with Gasteiger partial charge in [-0.05, 0) is 31.8 Å². The lowest BCUT2D eigenvalue weighted by Gasteiger charge is -2.17. The van der Waals surface area contributed by atoms with Gasteiger partial charge >= 0.3 is 0 Å². The van der Waals surface area contributed by atoms with Gasteiger partial charge in [-0.2, -0.15) is 0 Å². The van der Waals surface area contributed by atoms with E-state index in [1.165, 1.54) is 0 Å². The van der Waals surface area contributed by atoms with Gasteiger partial charge in [-0.1, -0.05) is 50.8 Å². The van der Waals surface area contributed by atoms with Gasteiger partial charge in [0, 0.05) is 9.65 Å². The molecule has 19 heavy (non-hydrogen) atoms. The van der Waals surface area contributed by atoms with Gasteiger partial charge in [0.15, 0.2) is 0 Å². The summed E-state index contributed by atoms with van der Waals surface area (Å²) in [6.45, 7) is 2.17. The van der Waals surface area contributed by atoms with Crippen molar-refractivity contribution in [3.8, 4) is 12.3 Å². The van der Waals surface area contributed by atoms with E-state index in [0.717, 1.165) is 25.7 Å². The topological polar surface area (TPSA) is 21.8 Å². The minimum Gasteiger partial charge on any atom is -0.373 e. The number of terminal acetylenes is 1. The van der Waals surface area contributed by atoms with E-state index in [1.807, 2.05) is 6.08 Å². The number of hydrogen-bond donors (Lipinski definition) is 0. The quantitative estimate of drug-likeness (QED) is 0.390. The third-order valence-electron chi connectivity index (χ3n) is 3.74.